The molecule has 1 saturated heterocycles. The average Bonchev–Trinajstić information content (AvgIpc) is 2.25. The largest absolute Gasteiger partial charge is 0.343 e. The van der Waals surface area contributed by atoms with E-state index in [0.29, 0.717) is 5.08 Å². The lowest BCUT2D eigenvalue weighted by atomic mass is 10.5. The van der Waals surface area contributed by atoms with E-state index in [2.05, 4.69) is 0 Å². The van der Waals surface area contributed by atoms with Crippen LogP contribution >= 0.6 is 30.9 Å². The molecule has 0 radical (unpaired) electrons. The normalized spacial score (nSPS) is 42.1. The van der Waals surface area contributed by atoms with Gasteiger partial charge in [0.05, 0.1) is 9.30 Å². The summed E-state index contributed by atoms with van der Waals surface area (Å²) in [4.78, 5) is 0. The fourth-order valence-corrected chi connectivity index (χ4v) is 3.12. The zero-order valence-corrected chi connectivity index (χ0v) is 9.86. The van der Waals surface area contributed by atoms with Gasteiger partial charge in [-0.25, -0.2) is 9.75 Å². The van der Waals surface area contributed by atoms with Crippen LogP contribution in [0.25, 0.3) is 0 Å². The highest BCUT2D eigenvalue weighted by Gasteiger charge is 2.32. The van der Waals surface area contributed by atoms with Crippen LogP contribution in [0.4, 0.5) is 0 Å². The van der Waals surface area contributed by atoms with Crippen molar-refractivity contribution in [3.8, 4) is 0 Å². The van der Waals surface area contributed by atoms with Gasteiger partial charge in [-0.15, -0.1) is 23.2 Å². The number of halogens is 2. The summed E-state index contributed by atoms with van der Waals surface area (Å²) >= 11 is 11.2. The van der Waals surface area contributed by atoms with Gasteiger partial charge in [0.2, 0.25) is 0 Å². The van der Waals surface area contributed by atoms with Crippen LogP contribution in [0, 0.1) is 0 Å². The predicted octanol–water partition coefficient (Wildman–Crippen LogP) is 1.88. The van der Waals surface area contributed by atoms with Crippen molar-refractivity contribution >= 4 is 30.9 Å². The van der Waals surface area contributed by atoms with Gasteiger partial charge in [0.15, 0.2) is 0 Å². The smallest absolute Gasteiger partial charge is 0.306 e. The summed E-state index contributed by atoms with van der Waals surface area (Å²) in [7, 11) is -4.00. The summed E-state index contributed by atoms with van der Waals surface area (Å²) < 4.78 is 56.4. The summed E-state index contributed by atoms with van der Waals surface area (Å²) in [6.07, 6.45) is -2.43. The lowest BCUT2D eigenvalue weighted by Crippen LogP contribution is -2.35. The Balaban J connectivity index is 3.06. The third-order valence-corrected chi connectivity index (χ3v) is 3.89. The lowest BCUT2D eigenvalue weighted by molar-refractivity contribution is 0.233. The second-order valence-electron chi connectivity index (χ2n) is 2.49. The second-order valence-corrected chi connectivity index (χ2v) is 5.26. The third kappa shape index (κ3) is 3.37. The van der Waals surface area contributed by atoms with Crippen LogP contribution in [0.1, 0.15) is 11.9 Å². The van der Waals surface area contributed by atoms with Crippen molar-refractivity contribution in [2.45, 2.75) is 6.37 Å². The SMILES string of the molecule is [2H]N1CC([2H])([2H])C([2H])([2H])OP1(=O)N(CCCl)CCCl. The molecule has 0 amide bonds. The molecule has 0 saturated carbocycles. The van der Waals surface area contributed by atoms with E-state index < -0.39 is 27.1 Å². The molecule has 1 aliphatic rings. The number of hydrogen-bond acceptors (Lipinski definition) is 2. The molecule has 1 aliphatic heterocycles. The van der Waals surface area contributed by atoms with Gasteiger partial charge in [0.25, 0.3) is 0 Å². The Bertz CT molecular complexity index is 369. The lowest BCUT2D eigenvalue weighted by Gasteiger charge is -2.33. The van der Waals surface area contributed by atoms with Crippen molar-refractivity contribution in [3.05, 3.63) is 0 Å². The fraction of sp³-hybridized carbons (Fsp3) is 1.00. The minimum atomic E-state index is -4.00. The summed E-state index contributed by atoms with van der Waals surface area (Å²) in [6, 6.07) is 0. The zero-order chi connectivity index (χ0) is 14.9. The van der Waals surface area contributed by atoms with E-state index in [9.17, 15) is 4.57 Å². The molecular weight excluding hydrogens is 246 g/mol. The van der Waals surface area contributed by atoms with Crippen LogP contribution in [-0.2, 0) is 9.09 Å². The Morgan fingerprint density at radius 2 is 2.21 bits per heavy atom. The molecule has 0 spiro atoms. The Morgan fingerprint density at radius 3 is 2.79 bits per heavy atom. The van der Waals surface area contributed by atoms with Crippen molar-refractivity contribution in [1.82, 2.24) is 9.75 Å². The maximum atomic E-state index is 12.7. The van der Waals surface area contributed by atoms with Gasteiger partial charge < -0.3 is 4.52 Å². The standard InChI is InChI=1S/C7H15Cl2N2O2P/c8-2-5-11(6-3-9)14(12)10-4-1-7-13-14/h1-7H2,(H,10,12)/i1D2,7D2/hD. The Kier molecular flexibility index (Phi) is 3.20. The highest BCUT2D eigenvalue weighted by atomic mass is 35.5. The molecule has 1 atom stereocenters. The predicted molar refractivity (Wildman–Crippen MR) is 59.2 cm³/mol. The van der Waals surface area contributed by atoms with E-state index in [4.69, 9.17) is 34.6 Å². The highest BCUT2D eigenvalue weighted by molar-refractivity contribution is 7.54. The van der Waals surface area contributed by atoms with E-state index in [1.807, 2.05) is 0 Å². The van der Waals surface area contributed by atoms with E-state index >= 15 is 0 Å². The third-order valence-electron chi connectivity index (χ3n) is 1.61. The van der Waals surface area contributed by atoms with Crippen LogP contribution in [0.2, 0.25) is 1.41 Å². The summed E-state index contributed by atoms with van der Waals surface area (Å²) in [6.45, 7) is -3.23. The Morgan fingerprint density at radius 1 is 1.57 bits per heavy atom. The maximum absolute atomic E-state index is 12.7. The first kappa shape index (κ1) is 7.10. The molecule has 0 bridgehead atoms. The first-order chi connectivity index (χ1) is 8.60. The number of rotatable bonds is 5. The van der Waals surface area contributed by atoms with Gasteiger partial charge in [-0.3, -0.25) is 4.57 Å². The van der Waals surface area contributed by atoms with E-state index in [1.165, 1.54) is 4.67 Å². The fourth-order valence-electron chi connectivity index (χ4n) is 0.984. The van der Waals surface area contributed by atoms with Crippen molar-refractivity contribution in [2.75, 3.05) is 38.0 Å². The molecular formula is C7H15Cl2N2O2P. The molecule has 1 unspecified atom stereocenters. The van der Waals surface area contributed by atoms with Crippen molar-refractivity contribution < 1.29 is 16.0 Å². The molecule has 0 aliphatic carbocycles. The summed E-state index contributed by atoms with van der Waals surface area (Å²) in [5.41, 5.74) is 0. The minimum Gasteiger partial charge on any atom is -0.306 e. The first-order valence-corrected chi connectivity index (χ1v) is 6.66. The zero-order valence-electron chi connectivity index (χ0n) is 12.4. The van der Waals surface area contributed by atoms with Gasteiger partial charge in [-0.05, 0) is 6.37 Å². The first-order valence-electron chi connectivity index (χ1n) is 6.50. The molecule has 14 heavy (non-hydrogen) atoms. The topological polar surface area (TPSA) is 41.6 Å². The number of hydrogen-bond donors (Lipinski definition) is 1. The van der Waals surface area contributed by atoms with E-state index in [-0.39, 0.29) is 24.8 Å². The molecule has 4 nitrogen and oxygen atoms in total. The van der Waals surface area contributed by atoms with Crippen molar-refractivity contribution in [3.63, 3.8) is 0 Å². The number of nitrogens with zero attached hydrogens (tertiary/aromatic N) is 1. The minimum absolute atomic E-state index is 0.0972. The van der Waals surface area contributed by atoms with Crippen LogP contribution in [0.5, 0.6) is 0 Å². The second kappa shape index (κ2) is 6.31. The molecule has 0 aromatic heterocycles. The van der Waals surface area contributed by atoms with Crippen LogP contribution in [0.15, 0.2) is 0 Å². The van der Waals surface area contributed by atoms with Crippen molar-refractivity contribution in [2.24, 2.45) is 0 Å². The monoisotopic (exact) mass is 265 g/mol. The highest BCUT2D eigenvalue weighted by Crippen LogP contribution is 2.47. The molecule has 1 heterocycles. The molecule has 1 fully saturated rings. The van der Waals surface area contributed by atoms with E-state index in [0.717, 1.165) is 0 Å². The van der Waals surface area contributed by atoms with Gasteiger partial charge in [-0.1, -0.05) is 0 Å². The summed E-state index contributed by atoms with van der Waals surface area (Å²) in [5.74, 6) is 0.210. The quantitative estimate of drug-likeness (QED) is 0.609. The number of alkyl halides is 2. The van der Waals surface area contributed by atoms with Gasteiger partial charge in [0.1, 0.15) is 1.41 Å². The summed E-state index contributed by atoms with van der Waals surface area (Å²) in [5, 5.41) is 0.452. The van der Waals surface area contributed by atoms with Crippen LogP contribution < -0.4 is 5.08 Å². The Labute approximate surface area is 102 Å². The molecule has 1 rings (SSSR count). The average molecular weight is 266 g/mol. The molecule has 1 N–H and O–H groups in total. The Hall–Kier alpha value is 0.690. The van der Waals surface area contributed by atoms with Gasteiger partial charge in [0, 0.05) is 34.1 Å². The molecule has 0 aromatic rings. The number of nitrogens with one attached hydrogen (secondary N) is 1. The van der Waals surface area contributed by atoms with Crippen LogP contribution in [-0.4, -0.2) is 42.6 Å². The van der Waals surface area contributed by atoms with Gasteiger partial charge in [-0.2, -0.15) is 0 Å². The molecule has 7 heteroatoms. The molecule has 0 aromatic carbocycles. The molecule has 84 valence electrons. The van der Waals surface area contributed by atoms with Gasteiger partial charge >= 0.3 is 7.67 Å². The van der Waals surface area contributed by atoms with Crippen LogP contribution in [0.3, 0.4) is 0 Å². The van der Waals surface area contributed by atoms with Crippen molar-refractivity contribution in [1.29, 1.82) is 0 Å². The van der Waals surface area contributed by atoms with E-state index in [1.54, 1.807) is 0 Å². The maximum Gasteiger partial charge on any atom is 0.343 e.